The van der Waals surface area contributed by atoms with E-state index in [0.29, 0.717) is 13.2 Å². The van der Waals surface area contributed by atoms with Crippen molar-refractivity contribution in [2.24, 2.45) is 5.92 Å². The second-order valence-electron chi connectivity index (χ2n) is 7.13. The first-order valence-corrected chi connectivity index (χ1v) is 10.5. The quantitative estimate of drug-likeness (QED) is 0.819. The van der Waals surface area contributed by atoms with Crippen LogP contribution in [0.25, 0.3) is 0 Å². The lowest BCUT2D eigenvalue weighted by molar-refractivity contribution is -0.136. The molecule has 0 unspecified atom stereocenters. The third-order valence-electron chi connectivity index (χ3n) is 5.01. The Hall–Kier alpha value is -0.660. The van der Waals surface area contributed by atoms with Crippen molar-refractivity contribution in [1.82, 2.24) is 9.62 Å². The van der Waals surface area contributed by atoms with Crippen molar-refractivity contribution in [3.63, 3.8) is 0 Å². The van der Waals surface area contributed by atoms with E-state index in [4.69, 9.17) is 4.74 Å². The highest BCUT2D eigenvalue weighted by Crippen LogP contribution is 2.27. The molecule has 0 spiro atoms. The van der Waals surface area contributed by atoms with Crippen molar-refractivity contribution in [3.05, 3.63) is 0 Å². The molecular formula is C16H30N2O4S. The lowest BCUT2D eigenvalue weighted by atomic mass is 9.89. The molecule has 0 bridgehead atoms. The summed E-state index contributed by atoms with van der Waals surface area (Å²) in [5.41, 5.74) is 0. The van der Waals surface area contributed by atoms with Gasteiger partial charge in [0.2, 0.25) is 15.9 Å². The SMILES string of the molecule is CC(=O)N1CCC[C@@H](NS(C)(=O)=O)[C@H]1COC1CCC(C)CC1. The minimum Gasteiger partial charge on any atom is -0.376 e. The Morgan fingerprint density at radius 2 is 1.87 bits per heavy atom. The minimum absolute atomic E-state index is 0.0177. The first kappa shape index (κ1) is 18.7. The first-order valence-electron chi connectivity index (χ1n) is 8.62. The van der Waals surface area contributed by atoms with Crippen LogP contribution in [0.4, 0.5) is 0 Å². The summed E-state index contributed by atoms with van der Waals surface area (Å²) in [6.45, 7) is 4.89. The monoisotopic (exact) mass is 346 g/mol. The number of nitrogens with one attached hydrogen (secondary N) is 1. The van der Waals surface area contributed by atoms with Crippen LogP contribution in [0.15, 0.2) is 0 Å². The van der Waals surface area contributed by atoms with Crippen LogP contribution in [0, 0.1) is 5.92 Å². The van der Waals surface area contributed by atoms with E-state index < -0.39 is 10.0 Å². The van der Waals surface area contributed by atoms with Gasteiger partial charge in [0.15, 0.2) is 0 Å². The molecule has 2 rings (SSSR count). The Balaban J connectivity index is 1.99. The Morgan fingerprint density at radius 3 is 2.43 bits per heavy atom. The number of likely N-dealkylation sites (tertiary alicyclic amines) is 1. The van der Waals surface area contributed by atoms with Crippen LogP contribution in [0.5, 0.6) is 0 Å². The van der Waals surface area contributed by atoms with Gasteiger partial charge in [0.05, 0.1) is 25.0 Å². The zero-order chi connectivity index (χ0) is 17.0. The lowest BCUT2D eigenvalue weighted by Crippen LogP contribution is -2.58. The molecule has 1 N–H and O–H groups in total. The van der Waals surface area contributed by atoms with Gasteiger partial charge in [-0.25, -0.2) is 13.1 Å². The molecule has 1 saturated carbocycles. The second-order valence-corrected chi connectivity index (χ2v) is 8.91. The molecule has 1 heterocycles. The van der Waals surface area contributed by atoms with Crippen molar-refractivity contribution in [2.75, 3.05) is 19.4 Å². The average molecular weight is 346 g/mol. The predicted octanol–water partition coefficient (Wildman–Crippen LogP) is 1.51. The van der Waals surface area contributed by atoms with Gasteiger partial charge in [-0.1, -0.05) is 6.92 Å². The molecule has 0 aromatic heterocycles. The predicted molar refractivity (Wildman–Crippen MR) is 89.5 cm³/mol. The van der Waals surface area contributed by atoms with Gasteiger partial charge < -0.3 is 9.64 Å². The van der Waals surface area contributed by atoms with Crippen LogP contribution in [-0.4, -0.2) is 56.8 Å². The van der Waals surface area contributed by atoms with E-state index in [1.807, 2.05) is 0 Å². The van der Waals surface area contributed by atoms with E-state index in [0.717, 1.165) is 31.6 Å². The zero-order valence-corrected chi connectivity index (χ0v) is 15.3. The standard InChI is InChI=1S/C16H30N2O4S/c1-12-6-8-14(9-7-12)22-11-16-15(17-23(3,20)21)5-4-10-18(16)13(2)19/h12,14-17H,4-11H2,1-3H3/t12?,14?,15-,16-/m1/s1. The third kappa shape index (κ3) is 5.72. The summed E-state index contributed by atoms with van der Waals surface area (Å²) in [6.07, 6.45) is 7.42. The molecule has 1 amide bonds. The van der Waals surface area contributed by atoms with E-state index in [1.165, 1.54) is 26.0 Å². The van der Waals surface area contributed by atoms with Gasteiger partial charge in [-0.3, -0.25) is 4.79 Å². The number of carbonyl (C=O) groups is 1. The van der Waals surface area contributed by atoms with E-state index in [9.17, 15) is 13.2 Å². The number of hydrogen-bond acceptors (Lipinski definition) is 4. The van der Waals surface area contributed by atoms with Gasteiger partial charge in [0, 0.05) is 19.5 Å². The lowest BCUT2D eigenvalue weighted by Gasteiger charge is -2.41. The molecule has 2 atom stereocenters. The van der Waals surface area contributed by atoms with Gasteiger partial charge in [-0.15, -0.1) is 0 Å². The number of hydrogen-bond donors (Lipinski definition) is 1. The highest BCUT2D eigenvalue weighted by Gasteiger charge is 2.35. The fourth-order valence-corrected chi connectivity index (χ4v) is 4.52. The van der Waals surface area contributed by atoms with Crippen molar-refractivity contribution in [1.29, 1.82) is 0 Å². The Morgan fingerprint density at radius 1 is 1.22 bits per heavy atom. The van der Waals surface area contributed by atoms with Crippen LogP contribution in [-0.2, 0) is 19.6 Å². The van der Waals surface area contributed by atoms with Gasteiger partial charge >= 0.3 is 0 Å². The molecule has 23 heavy (non-hydrogen) atoms. The highest BCUT2D eigenvalue weighted by molar-refractivity contribution is 7.88. The molecular weight excluding hydrogens is 316 g/mol. The summed E-state index contributed by atoms with van der Waals surface area (Å²) < 4.78 is 32.0. The van der Waals surface area contributed by atoms with Crippen molar-refractivity contribution in [2.45, 2.75) is 70.6 Å². The summed E-state index contributed by atoms with van der Waals surface area (Å²) in [5.74, 6) is 0.744. The third-order valence-corrected chi connectivity index (χ3v) is 5.75. The fraction of sp³-hybridized carbons (Fsp3) is 0.938. The normalized spacial score (nSPS) is 32.7. The molecule has 1 aliphatic heterocycles. The molecule has 1 saturated heterocycles. The molecule has 2 aliphatic rings. The van der Waals surface area contributed by atoms with Crippen molar-refractivity contribution >= 4 is 15.9 Å². The number of carbonyl (C=O) groups excluding carboxylic acids is 1. The van der Waals surface area contributed by atoms with Crippen molar-refractivity contribution < 1.29 is 17.9 Å². The largest absolute Gasteiger partial charge is 0.376 e. The van der Waals surface area contributed by atoms with Crippen LogP contribution in [0.2, 0.25) is 0 Å². The summed E-state index contributed by atoms with van der Waals surface area (Å²) in [5, 5.41) is 0. The maximum absolute atomic E-state index is 11.9. The molecule has 1 aliphatic carbocycles. The smallest absolute Gasteiger partial charge is 0.219 e. The molecule has 6 nitrogen and oxygen atoms in total. The zero-order valence-electron chi connectivity index (χ0n) is 14.5. The van der Waals surface area contributed by atoms with Gasteiger partial charge in [-0.05, 0) is 44.4 Å². The average Bonchev–Trinajstić information content (AvgIpc) is 2.45. The second kappa shape index (κ2) is 7.94. The molecule has 7 heteroatoms. The van der Waals surface area contributed by atoms with Crippen LogP contribution >= 0.6 is 0 Å². The fourth-order valence-electron chi connectivity index (χ4n) is 3.70. The number of amides is 1. The number of nitrogens with zero attached hydrogens (tertiary/aromatic N) is 1. The number of ether oxygens (including phenoxy) is 1. The Bertz CT molecular complexity index is 500. The van der Waals surface area contributed by atoms with Gasteiger partial charge in [0.25, 0.3) is 0 Å². The Kier molecular flexibility index (Phi) is 6.45. The topological polar surface area (TPSA) is 75.7 Å². The molecule has 0 aromatic carbocycles. The van der Waals surface area contributed by atoms with E-state index in [-0.39, 0.29) is 24.1 Å². The van der Waals surface area contributed by atoms with Crippen LogP contribution in [0.3, 0.4) is 0 Å². The molecule has 0 aromatic rings. The van der Waals surface area contributed by atoms with Crippen LogP contribution < -0.4 is 4.72 Å². The van der Waals surface area contributed by atoms with Gasteiger partial charge in [-0.2, -0.15) is 0 Å². The number of piperidine rings is 1. The number of rotatable bonds is 5. The summed E-state index contributed by atoms with van der Waals surface area (Å²) >= 11 is 0. The summed E-state index contributed by atoms with van der Waals surface area (Å²) in [7, 11) is -3.30. The maximum Gasteiger partial charge on any atom is 0.219 e. The maximum atomic E-state index is 11.9. The Labute approximate surface area is 140 Å². The number of sulfonamides is 1. The van der Waals surface area contributed by atoms with E-state index >= 15 is 0 Å². The minimum atomic E-state index is -3.30. The van der Waals surface area contributed by atoms with E-state index in [2.05, 4.69) is 11.6 Å². The first-order chi connectivity index (χ1) is 10.8. The van der Waals surface area contributed by atoms with Crippen LogP contribution in [0.1, 0.15) is 52.4 Å². The molecule has 134 valence electrons. The van der Waals surface area contributed by atoms with E-state index in [1.54, 1.807) is 4.90 Å². The summed E-state index contributed by atoms with van der Waals surface area (Å²) in [6, 6.07) is -0.472. The highest BCUT2D eigenvalue weighted by atomic mass is 32.2. The molecule has 0 radical (unpaired) electrons. The molecule has 2 fully saturated rings. The van der Waals surface area contributed by atoms with Gasteiger partial charge in [0.1, 0.15) is 0 Å². The van der Waals surface area contributed by atoms with Crippen molar-refractivity contribution in [3.8, 4) is 0 Å². The summed E-state index contributed by atoms with van der Waals surface area (Å²) in [4.78, 5) is 13.7.